The van der Waals surface area contributed by atoms with Crippen molar-refractivity contribution in [1.82, 2.24) is 4.90 Å². The Morgan fingerprint density at radius 2 is 2.08 bits per heavy atom. The molecule has 0 saturated carbocycles. The number of hydrogen-bond donors (Lipinski definition) is 0. The van der Waals surface area contributed by atoms with Gasteiger partial charge in [-0.2, -0.15) is 5.26 Å². The third-order valence-corrected chi connectivity index (χ3v) is 2.48. The van der Waals surface area contributed by atoms with E-state index in [0.717, 1.165) is 25.4 Å². The van der Waals surface area contributed by atoms with E-state index in [0.29, 0.717) is 6.42 Å². The molecule has 0 N–H and O–H groups in total. The standard InChI is InChI=1S/C11H22N2/c1-4-11(3)10-13(5-2)9-7-6-8-12/h11H,4-7,9-10H2,1-3H3. The second-order valence-corrected chi connectivity index (χ2v) is 3.67. The SMILES string of the molecule is CCC(C)CN(CC)CCCC#N. The third kappa shape index (κ3) is 6.60. The highest BCUT2D eigenvalue weighted by Gasteiger charge is 2.05. The lowest BCUT2D eigenvalue weighted by Crippen LogP contribution is -2.29. The molecule has 76 valence electrons. The molecule has 0 aromatic heterocycles. The molecule has 0 amide bonds. The predicted molar refractivity (Wildman–Crippen MR) is 56.4 cm³/mol. The lowest BCUT2D eigenvalue weighted by Gasteiger charge is -2.23. The van der Waals surface area contributed by atoms with Crippen LogP contribution in [-0.2, 0) is 0 Å². The van der Waals surface area contributed by atoms with Gasteiger partial charge in [-0.15, -0.1) is 0 Å². The van der Waals surface area contributed by atoms with Crippen LogP contribution in [0.4, 0.5) is 0 Å². The van der Waals surface area contributed by atoms with Crippen molar-refractivity contribution < 1.29 is 0 Å². The molecule has 0 aromatic rings. The van der Waals surface area contributed by atoms with Gasteiger partial charge in [-0.25, -0.2) is 0 Å². The Morgan fingerprint density at radius 3 is 2.54 bits per heavy atom. The molecule has 1 unspecified atom stereocenters. The molecule has 0 spiro atoms. The topological polar surface area (TPSA) is 27.0 Å². The largest absolute Gasteiger partial charge is 0.303 e. The Hall–Kier alpha value is -0.550. The van der Waals surface area contributed by atoms with E-state index in [1.54, 1.807) is 0 Å². The summed E-state index contributed by atoms with van der Waals surface area (Å²) in [6.07, 6.45) is 2.95. The van der Waals surface area contributed by atoms with Crippen LogP contribution in [0.3, 0.4) is 0 Å². The zero-order valence-corrected chi connectivity index (χ0v) is 9.21. The lowest BCUT2D eigenvalue weighted by atomic mass is 10.1. The Morgan fingerprint density at radius 1 is 1.38 bits per heavy atom. The first-order chi connectivity index (χ1) is 6.24. The maximum Gasteiger partial charge on any atom is 0.0622 e. The van der Waals surface area contributed by atoms with E-state index in [4.69, 9.17) is 5.26 Å². The molecule has 1 atom stereocenters. The number of hydrogen-bond acceptors (Lipinski definition) is 2. The fourth-order valence-electron chi connectivity index (χ4n) is 1.33. The van der Waals surface area contributed by atoms with Crippen LogP contribution >= 0.6 is 0 Å². The maximum absolute atomic E-state index is 8.41. The van der Waals surface area contributed by atoms with Crippen LogP contribution in [0.15, 0.2) is 0 Å². The quantitative estimate of drug-likeness (QED) is 0.566. The Balaban J connectivity index is 3.57. The fourth-order valence-corrected chi connectivity index (χ4v) is 1.33. The van der Waals surface area contributed by atoms with Crippen molar-refractivity contribution in [2.45, 2.75) is 40.0 Å². The number of nitrogens with zero attached hydrogens (tertiary/aromatic N) is 2. The molecule has 0 heterocycles. The minimum atomic E-state index is 0.691. The van der Waals surface area contributed by atoms with E-state index in [-0.39, 0.29) is 0 Å². The van der Waals surface area contributed by atoms with Gasteiger partial charge in [-0.05, 0) is 25.4 Å². The van der Waals surface area contributed by atoms with Crippen molar-refractivity contribution in [3.05, 3.63) is 0 Å². The monoisotopic (exact) mass is 182 g/mol. The van der Waals surface area contributed by atoms with E-state index in [1.165, 1.54) is 13.0 Å². The summed E-state index contributed by atoms with van der Waals surface area (Å²) < 4.78 is 0. The summed E-state index contributed by atoms with van der Waals surface area (Å²) in [5.41, 5.74) is 0. The van der Waals surface area contributed by atoms with Crippen molar-refractivity contribution in [3.8, 4) is 6.07 Å². The highest BCUT2D eigenvalue weighted by Crippen LogP contribution is 2.04. The van der Waals surface area contributed by atoms with Crippen molar-refractivity contribution in [3.63, 3.8) is 0 Å². The molecule has 0 fully saturated rings. The molecule has 0 aliphatic carbocycles. The molecular weight excluding hydrogens is 160 g/mol. The van der Waals surface area contributed by atoms with E-state index < -0.39 is 0 Å². The van der Waals surface area contributed by atoms with E-state index in [1.807, 2.05) is 0 Å². The maximum atomic E-state index is 8.41. The van der Waals surface area contributed by atoms with Gasteiger partial charge in [0.15, 0.2) is 0 Å². The molecule has 13 heavy (non-hydrogen) atoms. The second-order valence-electron chi connectivity index (χ2n) is 3.67. The van der Waals surface area contributed by atoms with Crippen LogP contribution in [0.25, 0.3) is 0 Å². The molecule has 0 saturated heterocycles. The first-order valence-electron chi connectivity index (χ1n) is 5.33. The summed E-state index contributed by atoms with van der Waals surface area (Å²) in [5.74, 6) is 0.780. The van der Waals surface area contributed by atoms with Gasteiger partial charge >= 0.3 is 0 Å². The van der Waals surface area contributed by atoms with Gasteiger partial charge in [0.05, 0.1) is 6.07 Å². The highest BCUT2D eigenvalue weighted by molar-refractivity contribution is 4.70. The van der Waals surface area contributed by atoms with E-state index in [9.17, 15) is 0 Å². The van der Waals surface area contributed by atoms with Crippen molar-refractivity contribution >= 4 is 0 Å². The molecule has 0 rings (SSSR count). The van der Waals surface area contributed by atoms with E-state index >= 15 is 0 Å². The van der Waals surface area contributed by atoms with E-state index in [2.05, 4.69) is 31.7 Å². The molecule has 0 aliphatic rings. The summed E-state index contributed by atoms with van der Waals surface area (Å²) in [4.78, 5) is 2.44. The number of unbranched alkanes of at least 4 members (excludes halogenated alkanes) is 1. The lowest BCUT2D eigenvalue weighted by molar-refractivity contribution is 0.244. The Bertz CT molecular complexity index is 149. The zero-order valence-electron chi connectivity index (χ0n) is 9.21. The van der Waals surface area contributed by atoms with Gasteiger partial charge in [0.2, 0.25) is 0 Å². The molecule has 2 heteroatoms. The van der Waals surface area contributed by atoms with Gasteiger partial charge < -0.3 is 4.90 Å². The molecular formula is C11H22N2. The van der Waals surface area contributed by atoms with Gasteiger partial charge in [-0.1, -0.05) is 27.2 Å². The van der Waals surface area contributed by atoms with Crippen LogP contribution < -0.4 is 0 Å². The summed E-state index contributed by atoms with van der Waals surface area (Å²) in [5, 5.41) is 8.41. The van der Waals surface area contributed by atoms with Crippen LogP contribution in [0.5, 0.6) is 0 Å². The fraction of sp³-hybridized carbons (Fsp3) is 0.909. The van der Waals surface area contributed by atoms with Crippen LogP contribution in [-0.4, -0.2) is 24.5 Å². The van der Waals surface area contributed by atoms with Crippen molar-refractivity contribution in [2.24, 2.45) is 5.92 Å². The van der Waals surface area contributed by atoms with Crippen LogP contribution in [0.1, 0.15) is 40.0 Å². The van der Waals surface area contributed by atoms with Gasteiger partial charge in [0, 0.05) is 13.0 Å². The molecule has 0 bridgehead atoms. The average Bonchev–Trinajstić information content (AvgIpc) is 2.16. The number of rotatable bonds is 7. The Labute approximate surface area is 82.5 Å². The van der Waals surface area contributed by atoms with Crippen LogP contribution in [0, 0.1) is 17.2 Å². The van der Waals surface area contributed by atoms with Crippen molar-refractivity contribution in [2.75, 3.05) is 19.6 Å². The summed E-state index contributed by atoms with van der Waals surface area (Å²) >= 11 is 0. The smallest absolute Gasteiger partial charge is 0.0622 e. The predicted octanol–water partition coefficient (Wildman–Crippen LogP) is 2.66. The summed E-state index contributed by atoms with van der Waals surface area (Å²) in [6.45, 7) is 10.1. The minimum Gasteiger partial charge on any atom is -0.303 e. The highest BCUT2D eigenvalue weighted by atomic mass is 15.1. The summed E-state index contributed by atoms with van der Waals surface area (Å²) in [6, 6.07) is 2.19. The first-order valence-corrected chi connectivity index (χ1v) is 5.33. The zero-order chi connectivity index (χ0) is 10.1. The van der Waals surface area contributed by atoms with Crippen LogP contribution in [0.2, 0.25) is 0 Å². The molecule has 0 aliphatic heterocycles. The normalized spacial score (nSPS) is 12.8. The van der Waals surface area contributed by atoms with Crippen molar-refractivity contribution in [1.29, 1.82) is 5.26 Å². The third-order valence-electron chi connectivity index (χ3n) is 2.48. The first kappa shape index (κ1) is 12.4. The number of nitriles is 1. The average molecular weight is 182 g/mol. The van der Waals surface area contributed by atoms with Gasteiger partial charge in [-0.3, -0.25) is 0 Å². The molecule has 0 radical (unpaired) electrons. The van der Waals surface area contributed by atoms with Gasteiger partial charge in [0.25, 0.3) is 0 Å². The Kier molecular flexibility index (Phi) is 7.73. The minimum absolute atomic E-state index is 0.691. The molecule has 2 nitrogen and oxygen atoms in total. The summed E-state index contributed by atoms with van der Waals surface area (Å²) in [7, 11) is 0. The molecule has 0 aromatic carbocycles. The second kappa shape index (κ2) is 8.07. The van der Waals surface area contributed by atoms with Gasteiger partial charge in [0.1, 0.15) is 0 Å².